The van der Waals surface area contributed by atoms with Crippen molar-refractivity contribution in [3.05, 3.63) is 0 Å². The number of nitrogens with one attached hydrogen (secondary N) is 1. The van der Waals surface area contributed by atoms with Crippen LogP contribution in [0, 0.1) is 17.3 Å². The molecule has 1 nitrogen and oxygen atoms in total. The monoisotopic (exact) mass is 265 g/mol. The van der Waals surface area contributed by atoms with E-state index >= 15 is 0 Å². The van der Waals surface area contributed by atoms with Crippen molar-refractivity contribution in [2.75, 3.05) is 13.1 Å². The summed E-state index contributed by atoms with van der Waals surface area (Å²) in [5.74, 6) is -2.30. The van der Waals surface area contributed by atoms with Gasteiger partial charge in [-0.25, -0.2) is 8.78 Å². The molecule has 2 saturated carbocycles. The quantitative estimate of drug-likeness (QED) is 0.764. The Morgan fingerprint density at radius 1 is 0.941 bits per heavy atom. The van der Waals surface area contributed by atoms with Gasteiger partial charge >= 0.3 is 0 Å². The van der Waals surface area contributed by atoms with Crippen LogP contribution in [0.4, 0.5) is 8.78 Å². The second kappa shape index (κ2) is 4.65. The summed E-state index contributed by atoms with van der Waals surface area (Å²) in [4.78, 5) is 0. The van der Waals surface area contributed by atoms with Crippen LogP contribution in [0.25, 0.3) is 0 Å². The minimum atomic E-state index is -2.35. The van der Waals surface area contributed by atoms with Gasteiger partial charge in [0.05, 0.1) is 0 Å². The van der Waals surface area contributed by atoms with E-state index in [2.05, 4.69) is 5.32 Å². The highest BCUT2D eigenvalue weighted by Gasteiger charge is 2.80. The standard InChI is InChI=1S/C13H21F2N.ClH/c14-13(15)11(10-4-1-2-5-10)12(13)6-3-8-16-9-7-12;/h10-11,16H,1-9H2;1H. The van der Waals surface area contributed by atoms with Gasteiger partial charge in [0, 0.05) is 11.3 Å². The van der Waals surface area contributed by atoms with E-state index in [1.807, 2.05) is 0 Å². The van der Waals surface area contributed by atoms with Crippen LogP contribution in [0.2, 0.25) is 0 Å². The lowest BCUT2D eigenvalue weighted by molar-refractivity contribution is 0.0485. The second-order valence-corrected chi connectivity index (χ2v) is 5.90. The van der Waals surface area contributed by atoms with E-state index < -0.39 is 11.3 Å². The van der Waals surface area contributed by atoms with E-state index in [-0.39, 0.29) is 18.3 Å². The Balaban J connectivity index is 0.00000108. The first-order chi connectivity index (χ1) is 7.68. The summed E-state index contributed by atoms with van der Waals surface area (Å²) in [5.41, 5.74) is -0.606. The fourth-order valence-corrected chi connectivity index (χ4v) is 4.31. The van der Waals surface area contributed by atoms with Crippen LogP contribution in [0.15, 0.2) is 0 Å². The number of hydrogen-bond donors (Lipinski definition) is 1. The first kappa shape index (κ1) is 13.5. The van der Waals surface area contributed by atoms with Gasteiger partial charge in [-0.05, 0) is 51.1 Å². The molecule has 1 aliphatic heterocycles. The molecule has 2 unspecified atom stereocenters. The Labute approximate surface area is 108 Å². The summed E-state index contributed by atoms with van der Waals surface area (Å²) in [6, 6.07) is 0. The van der Waals surface area contributed by atoms with Gasteiger partial charge in [-0.15, -0.1) is 12.4 Å². The molecule has 0 amide bonds. The Morgan fingerprint density at radius 3 is 2.35 bits per heavy atom. The molecule has 1 spiro atoms. The Bertz CT molecular complexity index is 269. The molecule has 2 aliphatic carbocycles. The lowest BCUT2D eigenvalue weighted by atomic mass is 9.88. The van der Waals surface area contributed by atoms with Gasteiger partial charge < -0.3 is 5.32 Å². The van der Waals surface area contributed by atoms with Crippen molar-refractivity contribution in [1.82, 2.24) is 5.32 Å². The minimum Gasteiger partial charge on any atom is -0.317 e. The third kappa shape index (κ3) is 1.90. The van der Waals surface area contributed by atoms with Crippen molar-refractivity contribution in [2.24, 2.45) is 17.3 Å². The van der Waals surface area contributed by atoms with Crippen LogP contribution >= 0.6 is 12.4 Å². The van der Waals surface area contributed by atoms with E-state index in [1.54, 1.807) is 0 Å². The maximum Gasteiger partial charge on any atom is 0.257 e. The highest BCUT2D eigenvalue weighted by atomic mass is 35.5. The first-order valence-electron chi connectivity index (χ1n) is 6.77. The lowest BCUT2D eigenvalue weighted by Crippen LogP contribution is -2.16. The molecule has 100 valence electrons. The Morgan fingerprint density at radius 2 is 1.65 bits per heavy atom. The molecule has 0 aromatic heterocycles. The molecule has 4 heteroatoms. The summed E-state index contributed by atoms with van der Waals surface area (Å²) < 4.78 is 28.3. The maximum absolute atomic E-state index is 14.1. The number of hydrogen-bond acceptors (Lipinski definition) is 1. The van der Waals surface area contributed by atoms with Crippen molar-refractivity contribution in [3.8, 4) is 0 Å². The molecule has 1 saturated heterocycles. The molecular formula is C13H22ClF2N. The zero-order valence-electron chi connectivity index (χ0n) is 10.2. The third-order valence-corrected chi connectivity index (χ3v) is 5.16. The van der Waals surface area contributed by atoms with E-state index in [0.29, 0.717) is 12.3 Å². The average molecular weight is 266 g/mol. The van der Waals surface area contributed by atoms with Crippen LogP contribution < -0.4 is 5.32 Å². The molecule has 1 heterocycles. The van der Waals surface area contributed by atoms with Crippen LogP contribution in [0.5, 0.6) is 0 Å². The third-order valence-electron chi connectivity index (χ3n) is 5.16. The van der Waals surface area contributed by atoms with Gasteiger partial charge in [0.25, 0.3) is 5.92 Å². The summed E-state index contributed by atoms with van der Waals surface area (Å²) in [7, 11) is 0. The molecule has 3 aliphatic rings. The van der Waals surface area contributed by atoms with Crippen molar-refractivity contribution in [2.45, 2.75) is 50.9 Å². The summed E-state index contributed by atoms with van der Waals surface area (Å²) in [6.07, 6.45) is 6.82. The fourth-order valence-electron chi connectivity index (χ4n) is 4.31. The zero-order chi connectivity index (χ0) is 11.2. The van der Waals surface area contributed by atoms with Crippen LogP contribution in [-0.2, 0) is 0 Å². The van der Waals surface area contributed by atoms with E-state index in [9.17, 15) is 8.78 Å². The van der Waals surface area contributed by atoms with Crippen molar-refractivity contribution in [3.63, 3.8) is 0 Å². The van der Waals surface area contributed by atoms with Gasteiger partial charge in [-0.2, -0.15) is 0 Å². The Hall–Kier alpha value is 0.110. The van der Waals surface area contributed by atoms with Crippen LogP contribution in [-0.4, -0.2) is 19.0 Å². The molecule has 2 atom stereocenters. The predicted molar refractivity (Wildman–Crippen MR) is 66.8 cm³/mol. The van der Waals surface area contributed by atoms with Gasteiger partial charge in [0.1, 0.15) is 0 Å². The highest BCUT2D eigenvalue weighted by Crippen LogP contribution is 2.74. The van der Waals surface area contributed by atoms with Crippen LogP contribution in [0.3, 0.4) is 0 Å². The molecular weight excluding hydrogens is 244 g/mol. The average Bonchev–Trinajstić information content (AvgIpc) is 2.56. The normalized spacial score (nSPS) is 40.9. The van der Waals surface area contributed by atoms with E-state index in [1.165, 1.54) is 12.8 Å². The van der Waals surface area contributed by atoms with Crippen molar-refractivity contribution >= 4 is 12.4 Å². The van der Waals surface area contributed by atoms with E-state index in [0.717, 1.165) is 38.8 Å². The van der Waals surface area contributed by atoms with Crippen molar-refractivity contribution < 1.29 is 8.78 Å². The summed E-state index contributed by atoms with van der Waals surface area (Å²) in [6.45, 7) is 1.72. The molecule has 1 N–H and O–H groups in total. The number of alkyl halides is 2. The smallest absolute Gasteiger partial charge is 0.257 e. The van der Waals surface area contributed by atoms with E-state index in [4.69, 9.17) is 0 Å². The number of halogens is 3. The van der Waals surface area contributed by atoms with Gasteiger partial charge in [-0.1, -0.05) is 12.8 Å². The van der Waals surface area contributed by atoms with Gasteiger partial charge in [0.15, 0.2) is 0 Å². The molecule has 3 rings (SSSR count). The molecule has 3 fully saturated rings. The topological polar surface area (TPSA) is 12.0 Å². The fraction of sp³-hybridized carbons (Fsp3) is 1.00. The Kier molecular flexibility index (Phi) is 3.71. The van der Waals surface area contributed by atoms with Crippen molar-refractivity contribution in [1.29, 1.82) is 0 Å². The van der Waals surface area contributed by atoms with Gasteiger partial charge in [0.2, 0.25) is 0 Å². The highest BCUT2D eigenvalue weighted by molar-refractivity contribution is 5.85. The molecule has 0 bridgehead atoms. The summed E-state index contributed by atoms with van der Waals surface area (Å²) >= 11 is 0. The molecule has 0 aromatic carbocycles. The lowest BCUT2D eigenvalue weighted by Gasteiger charge is -2.14. The van der Waals surface area contributed by atoms with Gasteiger partial charge in [-0.3, -0.25) is 0 Å². The zero-order valence-corrected chi connectivity index (χ0v) is 11.0. The largest absolute Gasteiger partial charge is 0.317 e. The minimum absolute atomic E-state index is 0. The SMILES string of the molecule is Cl.FC1(F)C(C2CCCC2)C12CCCNCC2. The number of rotatable bonds is 1. The molecule has 0 radical (unpaired) electrons. The summed E-state index contributed by atoms with van der Waals surface area (Å²) in [5, 5.41) is 3.26. The first-order valence-corrected chi connectivity index (χ1v) is 6.77. The molecule has 17 heavy (non-hydrogen) atoms. The second-order valence-electron chi connectivity index (χ2n) is 5.90. The predicted octanol–water partition coefficient (Wildman–Crippen LogP) is 3.62. The molecule has 0 aromatic rings. The maximum atomic E-state index is 14.1. The van der Waals surface area contributed by atoms with Crippen LogP contribution in [0.1, 0.15) is 44.9 Å².